The van der Waals surface area contributed by atoms with Crippen LogP contribution in [0.15, 0.2) is 18.2 Å². The van der Waals surface area contributed by atoms with Crippen LogP contribution in [0.3, 0.4) is 0 Å². The van der Waals surface area contributed by atoms with E-state index in [1.807, 2.05) is 12.1 Å². The molecule has 2 nitrogen and oxygen atoms in total. The zero-order valence-corrected chi connectivity index (χ0v) is 10.8. The molecule has 0 radical (unpaired) electrons. The van der Waals surface area contributed by atoms with E-state index in [0.717, 1.165) is 25.0 Å². The van der Waals surface area contributed by atoms with Crippen LogP contribution >= 0.6 is 11.6 Å². The Bertz CT molecular complexity index is 400. The molecule has 0 aromatic heterocycles. The number of rotatable bonds is 4. The first-order valence-electron chi connectivity index (χ1n) is 5.97. The first-order chi connectivity index (χ1) is 8.24. The average molecular weight is 253 g/mol. The Balaban J connectivity index is 2.14. The van der Waals surface area contributed by atoms with Crippen LogP contribution in [0.25, 0.3) is 0 Å². The lowest BCUT2D eigenvalue weighted by Crippen LogP contribution is -2.18. The van der Waals surface area contributed by atoms with Crippen molar-refractivity contribution in [2.75, 3.05) is 13.0 Å². The minimum Gasteiger partial charge on any atom is -0.496 e. The van der Waals surface area contributed by atoms with E-state index in [-0.39, 0.29) is 11.7 Å². The standard InChI is InChI=1S/C14H17ClO2/c1-17-14-4-2-3-11-6-5-10(8-13(11)14)7-12(16)9-15/h2-4,10H,5-9H2,1H3. The van der Waals surface area contributed by atoms with Crippen LogP contribution in [0, 0.1) is 5.92 Å². The summed E-state index contributed by atoms with van der Waals surface area (Å²) in [7, 11) is 1.70. The largest absolute Gasteiger partial charge is 0.496 e. The number of fused-ring (bicyclic) bond motifs is 1. The Kier molecular flexibility index (Phi) is 4.06. The summed E-state index contributed by atoms with van der Waals surface area (Å²) in [5.74, 6) is 1.65. The summed E-state index contributed by atoms with van der Waals surface area (Å²) in [6, 6.07) is 6.17. The molecule has 1 aromatic carbocycles. The van der Waals surface area contributed by atoms with Crippen molar-refractivity contribution in [1.82, 2.24) is 0 Å². The molecule has 0 saturated heterocycles. The molecule has 0 N–H and O–H groups in total. The third-order valence-corrected chi connectivity index (χ3v) is 3.73. The SMILES string of the molecule is COc1cccc2c1CC(CC(=O)CCl)CC2. The van der Waals surface area contributed by atoms with E-state index in [1.54, 1.807) is 7.11 Å². The van der Waals surface area contributed by atoms with Crippen LogP contribution in [0.5, 0.6) is 5.75 Å². The van der Waals surface area contributed by atoms with Crippen molar-refractivity contribution in [3.8, 4) is 5.75 Å². The van der Waals surface area contributed by atoms with Gasteiger partial charge < -0.3 is 4.74 Å². The number of benzene rings is 1. The molecule has 0 spiro atoms. The molecular weight excluding hydrogens is 236 g/mol. The molecule has 1 aliphatic rings. The number of carbonyl (C=O) groups excluding carboxylic acids is 1. The van der Waals surface area contributed by atoms with Gasteiger partial charge in [0.25, 0.3) is 0 Å². The third-order valence-electron chi connectivity index (χ3n) is 3.43. The Morgan fingerprint density at radius 2 is 2.35 bits per heavy atom. The van der Waals surface area contributed by atoms with Gasteiger partial charge >= 0.3 is 0 Å². The van der Waals surface area contributed by atoms with Crippen LogP contribution in [-0.2, 0) is 17.6 Å². The van der Waals surface area contributed by atoms with Crippen molar-refractivity contribution in [3.05, 3.63) is 29.3 Å². The van der Waals surface area contributed by atoms with Crippen molar-refractivity contribution >= 4 is 17.4 Å². The highest BCUT2D eigenvalue weighted by atomic mass is 35.5. The number of ether oxygens (including phenoxy) is 1. The van der Waals surface area contributed by atoms with Gasteiger partial charge in [-0.3, -0.25) is 4.79 Å². The maximum atomic E-state index is 11.4. The fourth-order valence-corrected chi connectivity index (χ4v) is 2.68. The molecular formula is C14H17ClO2. The van der Waals surface area contributed by atoms with Crippen molar-refractivity contribution in [2.24, 2.45) is 5.92 Å². The lowest BCUT2D eigenvalue weighted by Gasteiger charge is -2.25. The highest BCUT2D eigenvalue weighted by Crippen LogP contribution is 2.33. The van der Waals surface area contributed by atoms with E-state index >= 15 is 0 Å². The molecule has 0 saturated carbocycles. The van der Waals surface area contributed by atoms with Gasteiger partial charge in [0.15, 0.2) is 0 Å². The van der Waals surface area contributed by atoms with Gasteiger partial charge in [-0.15, -0.1) is 11.6 Å². The molecule has 1 unspecified atom stereocenters. The van der Waals surface area contributed by atoms with Gasteiger partial charge in [-0.2, -0.15) is 0 Å². The van der Waals surface area contributed by atoms with Gasteiger partial charge in [-0.05, 0) is 42.4 Å². The fourth-order valence-electron chi connectivity index (χ4n) is 2.57. The average Bonchev–Trinajstić information content (AvgIpc) is 2.37. The van der Waals surface area contributed by atoms with Crippen molar-refractivity contribution in [1.29, 1.82) is 0 Å². The predicted molar refractivity (Wildman–Crippen MR) is 68.9 cm³/mol. The number of hydrogen-bond acceptors (Lipinski definition) is 2. The molecule has 0 bridgehead atoms. The molecule has 0 fully saturated rings. The van der Waals surface area contributed by atoms with Crippen molar-refractivity contribution in [2.45, 2.75) is 25.7 Å². The number of aryl methyl sites for hydroxylation is 1. The van der Waals surface area contributed by atoms with Gasteiger partial charge in [-0.25, -0.2) is 0 Å². The summed E-state index contributed by atoms with van der Waals surface area (Å²) in [6.45, 7) is 0. The third kappa shape index (κ3) is 2.81. The van der Waals surface area contributed by atoms with E-state index in [1.165, 1.54) is 11.1 Å². The minimum absolute atomic E-state index is 0.134. The summed E-state index contributed by atoms with van der Waals surface area (Å²) >= 11 is 5.56. The van der Waals surface area contributed by atoms with Crippen LogP contribution < -0.4 is 4.74 Å². The molecule has 0 amide bonds. The molecule has 2 rings (SSSR count). The van der Waals surface area contributed by atoms with Gasteiger partial charge in [0.1, 0.15) is 11.5 Å². The lowest BCUT2D eigenvalue weighted by molar-refractivity contribution is -0.117. The van der Waals surface area contributed by atoms with Crippen LogP contribution in [-0.4, -0.2) is 18.8 Å². The van der Waals surface area contributed by atoms with E-state index in [9.17, 15) is 4.79 Å². The number of carbonyl (C=O) groups is 1. The lowest BCUT2D eigenvalue weighted by atomic mass is 9.81. The minimum atomic E-state index is 0.134. The molecule has 1 atom stereocenters. The van der Waals surface area contributed by atoms with E-state index in [2.05, 4.69) is 6.07 Å². The monoisotopic (exact) mass is 252 g/mol. The quantitative estimate of drug-likeness (QED) is 0.770. The number of ketones is 1. The fraction of sp³-hybridized carbons (Fsp3) is 0.500. The molecule has 92 valence electrons. The summed E-state index contributed by atoms with van der Waals surface area (Å²) in [4.78, 5) is 11.4. The Morgan fingerprint density at radius 3 is 3.06 bits per heavy atom. The predicted octanol–water partition coefficient (Wildman–Crippen LogP) is 3.00. The van der Waals surface area contributed by atoms with Gasteiger partial charge in [0, 0.05) is 6.42 Å². The van der Waals surface area contributed by atoms with Crippen molar-refractivity contribution < 1.29 is 9.53 Å². The molecule has 17 heavy (non-hydrogen) atoms. The normalized spacial score (nSPS) is 18.6. The number of methoxy groups -OCH3 is 1. The summed E-state index contributed by atoms with van der Waals surface area (Å²) in [5, 5.41) is 0. The Hall–Kier alpha value is -1.02. The van der Waals surface area contributed by atoms with Crippen molar-refractivity contribution in [3.63, 3.8) is 0 Å². The zero-order chi connectivity index (χ0) is 12.3. The molecule has 0 aliphatic heterocycles. The van der Waals surface area contributed by atoms with E-state index < -0.39 is 0 Å². The van der Waals surface area contributed by atoms with Crippen LogP contribution in [0.2, 0.25) is 0 Å². The Labute approximate surface area is 107 Å². The Morgan fingerprint density at radius 1 is 1.53 bits per heavy atom. The maximum absolute atomic E-state index is 11.4. The van der Waals surface area contributed by atoms with Crippen LogP contribution in [0.1, 0.15) is 24.0 Å². The zero-order valence-electron chi connectivity index (χ0n) is 10.0. The van der Waals surface area contributed by atoms with Crippen LogP contribution in [0.4, 0.5) is 0 Å². The second-order valence-electron chi connectivity index (χ2n) is 4.58. The number of Topliss-reactive ketones (excluding diaryl/α,β-unsaturated/α-hetero) is 1. The van der Waals surface area contributed by atoms with E-state index in [0.29, 0.717) is 12.3 Å². The molecule has 1 aliphatic carbocycles. The number of alkyl halides is 1. The topological polar surface area (TPSA) is 26.3 Å². The molecule has 3 heteroatoms. The van der Waals surface area contributed by atoms with Gasteiger partial charge in [0.05, 0.1) is 13.0 Å². The van der Waals surface area contributed by atoms with Gasteiger partial charge in [-0.1, -0.05) is 12.1 Å². The summed E-state index contributed by atoms with van der Waals surface area (Å²) < 4.78 is 5.38. The highest BCUT2D eigenvalue weighted by molar-refractivity contribution is 6.27. The second-order valence-corrected chi connectivity index (χ2v) is 4.85. The molecule has 0 heterocycles. The summed E-state index contributed by atoms with van der Waals surface area (Å²) in [6.07, 6.45) is 3.64. The first kappa shape index (κ1) is 12.4. The maximum Gasteiger partial charge on any atom is 0.147 e. The number of halogens is 1. The smallest absolute Gasteiger partial charge is 0.147 e. The van der Waals surface area contributed by atoms with Gasteiger partial charge in [0.2, 0.25) is 0 Å². The highest BCUT2D eigenvalue weighted by Gasteiger charge is 2.22. The first-order valence-corrected chi connectivity index (χ1v) is 6.50. The summed E-state index contributed by atoms with van der Waals surface area (Å²) in [5.41, 5.74) is 2.63. The molecule has 1 aromatic rings. The second kappa shape index (κ2) is 5.54. The number of hydrogen-bond donors (Lipinski definition) is 0. The van der Waals surface area contributed by atoms with E-state index in [4.69, 9.17) is 16.3 Å².